The van der Waals surface area contributed by atoms with E-state index in [-0.39, 0.29) is 0 Å². The Morgan fingerprint density at radius 3 is 2.89 bits per heavy atom. The van der Waals surface area contributed by atoms with Gasteiger partial charge in [0.25, 0.3) is 0 Å². The molecule has 0 atom stereocenters. The molecule has 2 nitrogen and oxygen atoms in total. The van der Waals surface area contributed by atoms with Gasteiger partial charge in [-0.25, -0.2) is 0 Å². The lowest BCUT2D eigenvalue weighted by Gasteiger charge is -2.17. The molecule has 0 spiro atoms. The molecule has 3 aromatic rings. The lowest BCUT2D eigenvalue weighted by atomic mass is 10.1. The predicted octanol–water partition coefficient (Wildman–Crippen LogP) is 4.00. The number of thiophene rings is 1. The SMILES string of the molecule is Nc1cccc2c1CN(c1ccc3sccc3c1)C2. The van der Waals surface area contributed by atoms with Crippen LogP contribution in [-0.2, 0) is 13.1 Å². The van der Waals surface area contributed by atoms with E-state index < -0.39 is 0 Å². The minimum atomic E-state index is 0.914. The number of fused-ring (bicyclic) bond motifs is 2. The van der Waals surface area contributed by atoms with E-state index in [1.165, 1.54) is 26.9 Å². The van der Waals surface area contributed by atoms with E-state index in [0.717, 1.165) is 18.8 Å². The van der Waals surface area contributed by atoms with Gasteiger partial charge in [0.15, 0.2) is 0 Å². The molecule has 1 aromatic heterocycles. The van der Waals surface area contributed by atoms with Crippen LogP contribution in [0.5, 0.6) is 0 Å². The Hall–Kier alpha value is -2.00. The lowest BCUT2D eigenvalue weighted by molar-refractivity contribution is 0.882. The maximum Gasteiger partial charge on any atom is 0.0457 e. The zero-order chi connectivity index (χ0) is 12.8. The van der Waals surface area contributed by atoms with Crippen LogP contribution in [0.2, 0.25) is 0 Å². The first-order valence-corrected chi connectivity index (χ1v) is 7.28. The zero-order valence-electron chi connectivity index (χ0n) is 10.5. The van der Waals surface area contributed by atoms with Crippen LogP contribution in [0, 0.1) is 0 Å². The Morgan fingerprint density at radius 1 is 1.05 bits per heavy atom. The van der Waals surface area contributed by atoms with E-state index in [2.05, 4.69) is 40.6 Å². The number of nitrogens with two attached hydrogens (primary N) is 1. The summed E-state index contributed by atoms with van der Waals surface area (Å²) >= 11 is 1.79. The molecule has 19 heavy (non-hydrogen) atoms. The van der Waals surface area contributed by atoms with Crippen LogP contribution in [0.4, 0.5) is 11.4 Å². The molecule has 2 aromatic carbocycles. The van der Waals surface area contributed by atoms with Gasteiger partial charge in [0.2, 0.25) is 0 Å². The van der Waals surface area contributed by atoms with Gasteiger partial charge in [-0.15, -0.1) is 11.3 Å². The molecule has 0 saturated carbocycles. The minimum absolute atomic E-state index is 0.914. The molecule has 1 aliphatic rings. The van der Waals surface area contributed by atoms with Crippen molar-refractivity contribution >= 4 is 32.8 Å². The third-order valence-electron chi connectivity index (χ3n) is 3.82. The second-order valence-corrected chi connectivity index (χ2v) is 5.93. The maximum absolute atomic E-state index is 6.06. The number of hydrogen-bond acceptors (Lipinski definition) is 3. The molecule has 2 heterocycles. The summed E-state index contributed by atoms with van der Waals surface area (Å²) in [5, 5.41) is 3.47. The van der Waals surface area contributed by atoms with Crippen LogP contribution in [0.15, 0.2) is 47.8 Å². The van der Waals surface area contributed by atoms with Gasteiger partial charge in [-0.1, -0.05) is 12.1 Å². The van der Waals surface area contributed by atoms with Crippen molar-refractivity contribution in [3.05, 3.63) is 59.0 Å². The van der Waals surface area contributed by atoms with E-state index in [9.17, 15) is 0 Å². The van der Waals surface area contributed by atoms with Gasteiger partial charge in [0, 0.05) is 29.2 Å². The van der Waals surface area contributed by atoms with Gasteiger partial charge >= 0.3 is 0 Å². The molecular weight excluding hydrogens is 252 g/mol. The summed E-state index contributed by atoms with van der Waals surface area (Å²) in [5.74, 6) is 0. The van der Waals surface area contributed by atoms with Crippen LogP contribution < -0.4 is 10.6 Å². The van der Waals surface area contributed by atoms with Gasteiger partial charge in [0.05, 0.1) is 0 Å². The maximum atomic E-state index is 6.06. The fraction of sp³-hybridized carbons (Fsp3) is 0.125. The quantitative estimate of drug-likeness (QED) is 0.674. The molecular formula is C16H14N2S. The third-order valence-corrected chi connectivity index (χ3v) is 4.72. The first-order valence-electron chi connectivity index (χ1n) is 6.40. The van der Waals surface area contributed by atoms with E-state index in [0.29, 0.717) is 0 Å². The highest BCUT2D eigenvalue weighted by molar-refractivity contribution is 7.17. The predicted molar refractivity (Wildman–Crippen MR) is 82.6 cm³/mol. The summed E-state index contributed by atoms with van der Waals surface area (Å²) in [6.07, 6.45) is 0. The van der Waals surface area contributed by atoms with Gasteiger partial charge in [-0.2, -0.15) is 0 Å². The fourth-order valence-electron chi connectivity index (χ4n) is 2.78. The summed E-state index contributed by atoms with van der Waals surface area (Å²) in [5.41, 5.74) is 10.9. The monoisotopic (exact) mass is 266 g/mol. The highest BCUT2D eigenvalue weighted by atomic mass is 32.1. The number of nitrogen functional groups attached to an aromatic ring is 1. The Kier molecular flexibility index (Phi) is 2.29. The average molecular weight is 266 g/mol. The summed E-state index contributed by atoms with van der Waals surface area (Å²) in [6.45, 7) is 1.87. The van der Waals surface area contributed by atoms with Gasteiger partial charge < -0.3 is 10.6 Å². The normalized spacial score (nSPS) is 14.0. The van der Waals surface area contributed by atoms with Crippen LogP contribution in [0.3, 0.4) is 0 Å². The second-order valence-electron chi connectivity index (χ2n) is 4.98. The molecule has 0 aliphatic carbocycles. The van der Waals surface area contributed by atoms with E-state index >= 15 is 0 Å². The average Bonchev–Trinajstić information content (AvgIpc) is 3.04. The van der Waals surface area contributed by atoms with Crippen molar-refractivity contribution in [3.8, 4) is 0 Å². The molecule has 3 heteroatoms. The smallest absolute Gasteiger partial charge is 0.0457 e. The standard InChI is InChI=1S/C16H14N2S/c17-15-3-1-2-12-9-18(10-14(12)15)13-4-5-16-11(8-13)6-7-19-16/h1-8H,9-10,17H2. The van der Waals surface area contributed by atoms with Crippen molar-refractivity contribution in [1.29, 1.82) is 0 Å². The van der Waals surface area contributed by atoms with Gasteiger partial charge in [-0.3, -0.25) is 0 Å². The summed E-state index contributed by atoms with van der Waals surface area (Å²) in [6, 6.07) is 15.1. The number of hydrogen-bond donors (Lipinski definition) is 1. The summed E-state index contributed by atoms with van der Waals surface area (Å²) in [7, 11) is 0. The minimum Gasteiger partial charge on any atom is -0.398 e. The number of rotatable bonds is 1. The topological polar surface area (TPSA) is 29.3 Å². The molecule has 94 valence electrons. The molecule has 0 fully saturated rings. The molecule has 1 aliphatic heterocycles. The van der Waals surface area contributed by atoms with E-state index in [4.69, 9.17) is 5.73 Å². The van der Waals surface area contributed by atoms with Crippen molar-refractivity contribution < 1.29 is 0 Å². The largest absolute Gasteiger partial charge is 0.398 e. The van der Waals surface area contributed by atoms with E-state index in [1.54, 1.807) is 11.3 Å². The van der Waals surface area contributed by atoms with Crippen molar-refractivity contribution in [2.24, 2.45) is 0 Å². The molecule has 0 saturated heterocycles. The van der Waals surface area contributed by atoms with Gasteiger partial charge in [-0.05, 0) is 52.2 Å². The Morgan fingerprint density at radius 2 is 2.00 bits per heavy atom. The molecule has 0 radical (unpaired) electrons. The van der Waals surface area contributed by atoms with Crippen molar-refractivity contribution in [3.63, 3.8) is 0 Å². The number of benzene rings is 2. The van der Waals surface area contributed by atoms with Crippen LogP contribution in [0.25, 0.3) is 10.1 Å². The Bertz CT molecular complexity index is 760. The number of anilines is 2. The lowest BCUT2D eigenvalue weighted by Crippen LogP contribution is -2.14. The summed E-state index contributed by atoms with van der Waals surface area (Å²) < 4.78 is 1.35. The molecule has 2 N–H and O–H groups in total. The van der Waals surface area contributed by atoms with Crippen molar-refractivity contribution in [2.45, 2.75) is 13.1 Å². The third kappa shape index (κ3) is 1.70. The highest BCUT2D eigenvalue weighted by Crippen LogP contribution is 2.33. The van der Waals surface area contributed by atoms with Crippen LogP contribution >= 0.6 is 11.3 Å². The Balaban J connectivity index is 1.73. The first-order chi connectivity index (χ1) is 9.31. The molecule has 0 amide bonds. The fourth-order valence-corrected chi connectivity index (χ4v) is 3.55. The number of nitrogens with zero attached hydrogens (tertiary/aromatic N) is 1. The second kappa shape index (κ2) is 4.00. The molecule has 0 unspecified atom stereocenters. The van der Waals surface area contributed by atoms with Crippen LogP contribution in [0.1, 0.15) is 11.1 Å². The van der Waals surface area contributed by atoms with Crippen LogP contribution in [-0.4, -0.2) is 0 Å². The van der Waals surface area contributed by atoms with E-state index in [1.807, 2.05) is 12.1 Å². The molecule has 4 rings (SSSR count). The highest BCUT2D eigenvalue weighted by Gasteiger charge is 2.20. The van der Waals surface area contributed by atoms with Crippen molar-refractivity contribution in [2.75, 3.05) is 10.6 Å². The zero-order valence-corrected chi connectivity index (χ0v) is 11.3. The summed E-state index contributed by atoms with van der Waals surface area (Å²) in [4.78, 5) is 2.39. The van der Waals surface area contributed by atoms with Gasteiger partial charge in [0.1, 0.15) is 0 Å². The first kappa shape index (κ1) is 10.9. The molecule has 0 bridgehead atoms. The van der Waals surface area contributed by atoms with Crippen molar-refractivity contribution in [1.82, 2.24) is 0 Å². The Labute approximate surface area is 116 Å².